The minimum atomic E-state index is -0.994. The molecule has 1 aromatic rings. The quantitative estimate of drug-likeness (QED) is 0.892. The molecule has 1 fully saturated rings. The third-order valence-electron chi connectivity index (χ3n) is 4.53. The Kier molecular flexibility index (Phi) is 3.65. The van der Waals surface area contributed by atoms with Gasteiger partial charge >= 0.3 is 5.97 Å². The summed E-state index contributed by atoms with van der Waals surface area (Å²) in [7, 11) is 0. The van der Waals surface area contributed by atoms with E-state index in [9.17, 15) is 14.7 Å². The van der Waals surface area contributed by atoms with Crippen LogP contribution in [0.3, 0.4) is 0 Å². The Balaban J connectivity index is 2.08. The predicted molar refractivity (Wildman–Crippen MR) is 79.1 cm³/mol. The zero-order valence-corrected chi connectivity index (χ0v) is 12.6. The fourth-order valence-corrected chi connectivity index (χ4v) is 3.43. The zero-order chi connectivity index (χ0) is 15.1. The Morgan fingerprint density at radius 3 is 2.76 bits per heavy atom. The number of aliphatic carboxylic acids is 1. The number of anilines is 1. The van der Waals surface area contributed by atoms with Gasteiger partial charge in [-0.25, -0.2) is 9.78 Å². The minimum Gasteiger partial charge on any atom is -0.480 e. The number of carboxylic acids is 1. The molecule has 114 valence electrons. The highest BCUT2D eigenvalue weighted by molar-refractivity contribution is 6.30. The van der Waals surface area contributed by atoms with Gasteiger partial charge in [0.2, 0.25) is 0 Å². The van der Waals surface area contributed by atoms with Gasteiger partial charge in [0.05, 0.1) is 5.69 Å². The number of hydrogen-bond donors (Lipinski definition) is 2. The average molecular weight is 312 g/mol. The lowest BCUT2D eigenvalue weighted by Gasteiger charge is -2.27. The molecule has 2 unspecified atom stereocenters. The second kappa shape index (κ2) is 5.33. The van der Waals surface area contributed by atoms with Gasteiger partial charge in [0.25, 0.3) is 5.56 Å². The third-order valence-corrected chi connectivity index (χ3v) is 4.81. The molecule has 21 heavy (non-hydrogen) atoms. The molecule has 7 heteroatoms. The molecule has 0 aromatic carbocycles. The molecule has 0 bridgehead atoms. The summed E-state index contributed by atoms with van der Waals surface area (Å²) in [4.78, 5) is 28.2. The highest BCUT2D eigenvalue weighted by Crippen LogP contribution is 2.40. The van der Waals surface area contributed by atoms with Crippen LogP contribution in [0.5, 0.6) is 0 Å². The molecular weight excluding hydrogens is 294 g/mol. The standard InChI is InChI=1S/C14H18ClN3O3/c1-2-7-6-9(14(20)21)18-10(7)11(15)17-12(13(18)19)16-8-4-3-5-8/h7-9H,2-6H2,1H3,(H,16,17)(H,20,21). The van der Waals surface area contributed by atoms with E-state index in [1.165, 1.54) is 4.57 Å². The molecule has 1 aromatic heterocycles. The summed E-state index contributed by atoms with van der Waals surface area (Å²) in [5.74, 6) is -0.848. The van der Waals surface area contributed by atoms with Gasteiger partial charge in [-0.2, -0.15) is 0 Å². The molecular formula is C14H18ClN3O3. The fraction of sp³-hybridized carbons (Fsp3) is 0.643. The molecule has 0 spiro atoms. The molecule has 0 radical (unpaired) electrons. The minimum absolute atomic E-state index is 0.0310. The fourth-order valence-electron chi connectivity index (χ4n) is 3.10. The van der Waals surface area contributed by atoms with E-state index in [4.69, 9.17) is 11.6 Å². The maximum Gasteiger partial charge on any atom is 0.326 e. The van der Waals surface area contributed by atoms with Crippen LogP contribution in [0.2, 0.25) is 5.15 Å². The van der Waals surface area contributed by atoms with Gasteiger partial charge < -0.3 is 10.4 Å². The highest BCUT2D eigenvalue weighted by atomic mass is 35.5. The largest absolute Gasteiger partial charge is 0.480 e. The lowest BCUT2D eigenvalue weighted by Crippen LogP contribution is -2.35. The second-order valence-corrected chi connectivity index (χ2v) is 6.14. The Bertz CT molecular complexity index is 639. The summed E-state index contributed by atoms with van der Waals surface area (Å²) >= 11 is 6.23. The van der Waals surface area contributed by atoms with Crippen molar-refractivity contribution in [3.63, 3.8) is 0 Å². The summed E-state index contributed by atoms with van der Waals surface area (Å²) in [6.07, 6.45) is 4.27. The zero-order valence-electron chi connectivity index (χ0n) is 11.8. The topological polar surface area (TPSA) is 84.2 Å². The molecule has 2 atom stereocenters. The first-order valence-electron chi connectivity index (χ1n) is 7.34. The van der Waals surface area contributed by atoms with Gasteiger partial charge in [-0.1, -0.05) is 18.5 Å². The van der Waals surface area contributed by atoms with Crippen LogP contribution in [0.25, 0.3) is 0 Å². The number of aromatic nitrogens is 2. The molecule has 2 N–H and O–H groups in total. The van der Waals surface area contributed by atoms with E-state index in [-0.39, 0.29) is 28.5 Å². The van der Waals surface area contributed by atoms with Crippen LogP contribution < -0.4 is 10.9 Å². The first-order chi connectivity index (χ1) is 10.0. The summed E-state index contributed by atoms with van der Waals surface area (Å²) in [6, 6.07) is -0.605. The van der Waals surface area contributed by atoms with Crippen LogP contribution in [-0.4, -0.2) is 26.7 Å². The molecule has 0 amide bonds. The highest BCUT2D eigenvalue weighted by Gasteiger charge is 2.38. The first-order valence-corrected chi connectivity index (χ1v) is 7.72. The van der Waals surface area contributed by atoms with Crippen LogP contribution in [0.4, 0.5) is 5.82 Å². The monoisotopic (exact) mass is 311 g/mol. The van der Waals surface area contributed by atoms with Crippen molar-refractivity contribution in [1.29, 1.82) is 0 Å². The normalized spacial score (nSPS) is 24.5. The molecule has 6 nitrogen and oxygen atoms in total. The molecule has 3 rings (SSSR count). The molecule has 1 saturated carbocycles. The Morgan fingerprint density at radius 2 is 2.24 bits per heavy atom. The number of halogens is 1. The van der Waals surface area contributed by atoms with E-state index in [0.29, 0.717) is 12.1 Å². The molecule has 1 aliphatic carbocycles. The summed E-state index contributed by atoms with van der Waals surface area (Å²) in [6.45, 7) is 1.96. The van der Waals surface area contributed by atoms with Gasteiger partial charge in [0.15, 0.2) is 11.0 Å². The number of nitrogens with one attached hydrogen (secondary N) is 1. The Morgan fingerprint density at radius 1 is 1.52 bits per heavy atom. The number of nitrogens with zero attached hydrogens (tertiary/aromatic N) is 2. The summed E-state index contributed by atoms with van der Waals surface area (Å²) < 4.78 is 1.33. The van der Waals surface area contributed by atoms with Crippen LogP contribution in [-0.2, 0) is 4.79 Å². The van der Waals surface area contributed by atoms with Crippen molar-refractivity contribution in [2.75, 3.05) is 5.32 Å². The molecule has 0 saturated heterocycles. The number of hydrogen-bond acceptors (Lipinski definition) is 4. The van der Waals surface area contributed by atoms with E-state index in [1.54, 1.807) is 0 Å². The van der Waals surface area contributed by atoms with Crippen LogP contribution in [0.15, 0.2) is 4.79 Å². The average Bonchev–Trinajstić information content (AvgIpc) is 2.79. The van der Waals surface area contributed by atoms with Crippen molar-refractivity contribution >= 4 is 23.4 Å². The number of carbonyl (C=O) groups is 1. The molecule has 2 aliphatic rings. The number of fused-ring (bicyclic) bond motifs is 1. The van der Waals surface area contributed by atoms with E-state index in [2.05, 4.69) is 10.3 Å². The maximum atomic E-state index is 12.6. The van der Waals surface area contributed by atoms with Crippen molar-refractivity contribution in [3.8, 4) is 0 Å². The number of carboxylic acid groups (broad SMARTS) is 1. The van der Waals surface area contributed by atoms with Gasteiger partial charge in [-0.3, -0.25) is 9.36 Å². The van der Waals surface area contributed by atoms with E-state index in [1.807, 2.05) is 6.92 Å². The van der Waals surface area contributed by atoms with Crippen molar-refractivity contribution in [3.05, 3.63) is 21.2 Å². The van der Waals surface area contributed by atoms with Crippen LogP contribution in [0, 0.1) is 0 Å². The predicted octanol–water partition coefficient (Wildman–Crippen LogP) is 2.38. The second-order valence-electron chi connectivity index (χ2n) is 5.78. The lowest BCUT2D eigenvalue weighted by atomic mass is 9.93. The van der Waals surface area contributed by atoms with E-state index in [0.717, 1.165) is 25.7 Å². The first kappa shape index (κ1) is 14.4. The molecule has 1 aliphatic heterocycles. The van der Waals surface area contributed by atoms with Crippen molar-refractivity contribution in [2.45, 2.75) is 57.0 Å². The van der Waals surface area contributed by atoms with Gasteiger partial charge in [-0.15, -0.1) is 0 Å². The number of rotatable bonds is 4. The third kappa shape index (κ3) is 2.31. The molecule has 2 heterocycles. The van der Waals surface area contributed by atoms with Gasteiger partial charge in [0.1, 0.15) is 6.04 Å². The Labute approximate surface area is 127 Å². The smallest absolute Gasteiger partial charge is 0.326 e. The van der Waals surface area contributed by atoms with Crippen molar-refractivity contribution < 1.29 is 9.90 Å². The lowest BCUT2D eigenvalue weighted by molar-refractivity contribution is -0.140. The summed E-state index contributed by atoms with van der Waals surface area (Å²) in [5, 5.41) is 12.7. The summed E-state index contributed by atoms with van der Waals surface area (Å²) in [5.41, 5.74) is 0.195. The SMILES string of the molecule is CCC1CC(C(=O)O)n2c1c(Cl)nc(NC1CCC1)c2=O. The maximum absolute atomic E-state index is 12.6. The van der Waals surface area contributed by atoms with Crippen molar-refractivity contribution in [1.82, 2.24) is 9.55 Å². The van der Waals surface area contributed by atoms with Crippen LogP contribution in [0.1, 0.15) is 56.7 Å². The van der Waals surface area contributed by atoms with E-state index >= 15 is 0 Å². The van der Waals surface area contributed by atoms with Crippen molar-refractivity contribution in [2.24, 2.45) is 0 Å². The van der Waals surface area contributed by atoms with Gasteiger partial charge in [-0.05, 0) is 32.1 Å². The van der Waals surface area contributed by atoms with E-state index < -0.39 is 12.0 Å². The van der Waals surface area contributed by atoms with Gasteiger partial charge in [0, 0.05) is 12.0 Å². The Hall–Kier alpha value is -1.56. The van der Waals surface area contributed by atoms with Crippen LogP contribution >= 0.6 is 11.6 Å².